The third-order valence-electron chi connectivity index (χ3n) is 4.84. The standard InChI is InChI=1S/C19H28BrN3O2/c1-19(2,3)23-18(24)25-14-7-5-13(6-8-14)22-16-10-15(16)12-4-9-17(20)21-11-12/h4,9,11,13-16,22H,5-8,10H2,1-3H3,(H,23,24). The van der Waals surface area contributed by atoms with Crippen molar-refractivity contribution in [2.24, 2.45) is 0 Å². The van der Waals surface area contributed by atoms with Crippen LogP contribution in [0.15, 0.2) is 22.9 Å². The zero-order valence-corrected chi connectivity index (χ0v) is 16.8. The minimum atomic E-state index is -0.297. The molecule has 2 atom stereocenters. The predicted molar refractivity (Wildman–Crippen MR) is 102 cm³/mol. The van der Waals surface area contributed by atoms with Gasteiger partial charge in [0.1, 0.15) is 10.7 Å². The van der Waals surface area contributed by atoms with Gasteiger partial charge in [-0.3, -0.25) is 0 Å². The van der Waals surface area contributed by atoms with Crippen LogP contribution in [0.5, 0.6) is 0 Å². The van der Waals surface area contributed by atoms with E-state index >= 15 is 0 Å². The van der Waals surface area contributed by atoms with E-state index in [1.807, 2.05) is 33.0 Å². The van der Waals surface area contributed by atoms with Crippen molar-refractivity contribution in [2.45, 2.75) is 82.5 Å². The van der Waals surface area contributed by atoms with Gasteiger partial charge >= 0.3 is 6.09 Å². The highest BCUT2D eigenvalue weighted by molar-refractivity contribution is 9.10. The van der Waals surface area contributed by atoms with Crippen LogP contribution in [0.25, 0.3) is 0 Å². The van der Waals surface area contributed by atoms with E-state index < -0.39 is 0 Å². The van der Waals surface area contributed by atoms with Crippen molar-refractivity contribution in [1.82, 2.24) is 15.6 Å². The number of pyridine rings is 1. The number of ether oxygens (including phenoxy) is 1. The highest BCUT2D eigenvalue weighted by atomic mass is 79.9. The Labute approximate surface area is 158 Å². The molecular weight excluding hydrogens is 382 g/mol. The Morgan fingerprint density at radius 1 is 1.24 bits per heavy atom. The number of rotatable bonds is 4. The summed E-state index contributed by atoms with van der Waals surface area (Å²) in [6.07, 6.45) is 6.91. The first kappa shape index (κ1) is 18.6. The first-order valence-electron chi connectivity index (χ1n) is 9.16. The molecular formula is C19H28BrN3O2. The minimum absolute atomic E-state index is 0.0473. The first-order chi connectivity index (χ1) is 11.8. The normalized spacial score (nSPS) is 29.1. The van der Waals surface area contributed by atoms with Gasteiger partial charge in [-0.25, -0.2) is 9.78 Å². The van der Waals surface area contributed by atoms with Crippen molar-refractivity contribution < 1.29 is 9.53 Å². The number of carbonyl (C=O) groups excluding carboxylic acids is 1. The fraction of sp³-hybridized carbons (Fsp3) is 0.684. The second kappa shape index (κ2) is 7.62. The van der Waals surface area contributed by atoms with Crippen LogP contribution in [0, 0.1) is 0 Å². The summed E-state index contributed by atoms with van der Waals surface area (Å²) in [6.45, 7) is 5.88. The average Bonchev–Trinajstić information content (AvgIpc) is 3.27. The van der Waals surface area contributed by atoms with E-state index in [1.165, 1.54) is 12.0 Å². The second-order valence-electron chi connectivity index (χ2n) is 8.28. The molecule has 2 saturated carbocycles. The van der Waals surface area contributed by atoms with Crippen LogP contribution in [-0.2, 0) is 4.74 Å². The molecule has 2 aliphatic rings. The lowest BCUT2D eigenvalue weighted by Crippen LogP contribution is -2.43. The number of hydrogen-bond acceptors (Lipinski definition) is 4. The lowest BCUT2D eigenvalue weighted by atomic mass is 9.93. The summed E-state index contributed by atoms with van der Waals surface area (Å²) in [5.41, 5.74) is 1.06. The van der Waals surface area contributed by atoms with Gasteiger partial charge in [0, 0.05) is 29.7 Å². The monoisotopic (exact) mass is 409 g/mol. The largest absolute Gasteiger partial charge is 0.446 e. The summed E-state index contributed by atoms with van der Waals surface area (Å²) in [7, 11) is 0. The van der Waals surface area contributed by atoms with E-state index in [1.54, 1.807) is 0 Å². The number of nitrogens with one attached hydrogen (secondary N) is 2. The van der Waals surface area contributed by atoms with Crippen LogP contribution in [0.2, 0.25) is 0 Å². The fourth-order valence-corrected chi connectivity index (χ4v) is 3.73. The molecule has 3 rings (SSSR count). The highest BCUT2D eigenvalue weighted by Gasteiger charge is 2.40. The maximum atomic E-state index is 11.9. The molecule has 0 bridgehead atoms. The van der Waals surface area contributed by atoms with Crippen LogP contribution < -0.4 is 10.6 Å². The molecule has 2 aliphatic carbocycles. The van der Waals surface area contributed by atoms with E-state index in [9.17, 15) is 4.79 Å². The predicted octanol–water partition coefficient (Wildman–Crippen LogP) is 4.13. The van der Waals surface area contributed by atoms with Crippen LogP contribution in [0.4, 0.5) is 4.79 Å². The lowest BCUT2D eigenvalue weighted by Gasteiger charge is -2.30. The first-order valence-corrected chi connectivity index (χ1v) is 9.96. The number of amides is 1. The number of carbonyl (C=O) groups is 1. The Morgan fingerprint density at radius 3 is 2.56 bits per heavy atom. The van der Waals surface area contributed by atoms with Gasteiger partial charge in [0.15, 0.2) is 0 Å². The van der Waals surface area contributed by atoms with Gasteiger partial charge in [-0.2, -0.15) is 0 Å². The third-order valence-corrected chi connectivity index (χ3v) is 5.31. The number of nitrogens with zero attached hydrogens (tertiary/aromatic N) is 1. The molecule has 2 unspecified atom stereocenters. The molecule has 0 aromatic carbocycles. The Balaban J connectivity index is 1.37. The Bertz CT molecular complexity index is 592. The molecule has 1 aromatic rings. The number of halogens is 1. The van der Waals surface area contributed by atoms with E-state index in [-0.39, 0.29) is 17.7 Å². The van der Waals surface area contributed by atoms with Crippen molar-refractivity contribution in [1.29, 1.82) is 0 Å². The molecule has 1 heterocycles. The molecule has 25 heavy (non-hydrogen) atoms. The Kier molecular flexibility index (Phi) is 5.68. The summed E-state index contributed by atoms with van der Waals surface area (Å²) in [5.74, 6) is 0.590. The molecule has 0 saturated heterocycles. The molecule has 6 heteroatoms. The molecule has 0 radical (unpaired) electrons. The SMILES string of the molecule is CC(C)(C)NC(=O)OC1CCC(NC2CC2c2ccc(Br)nc2)CC1. The second-order valence-corrected chi connectivity index (χ2v) is 9.10. The van der Waals surface area contributed by atoms with Gasteiger partial charge in [-0.1, -0.05) is 6.07 Å². The molecule has 0 spiro atoms. The molecule has 5 nitrogen and oxygen atoms in total. The van der Waals surface area contributed by atoms with Crippen LogP contribution in [0.1, 0.15) is 64.4 Å². The summed E-state index contributed by atoms with van der Waals surface area (Å²) < 4.78 is 6.43. The van der Waals surface area contributed by atoms with Crippen LogP contribution in [0.3, 0.4) is 0 Å². The van der Waals surface area contributed by atoms with Crippen LogP contribution >= 0.6 is 15.9 Å². The average molecular weight is 410 g/mol. The topological polar surface area (TPSA) is 63.2 Å². The third kappa shape index (κ3) is 5.68. The van der Waals surface area contributed by atoms with E-state index in [2.05, 4.69) is 37.6 Å². The Morgan fingerprint density at radius 2 is 1.96 bits per heavy atom. The highest BCUT2D eigenvalue weighted by Crippen LogP contribution is 2.41. The van der Waals surface area contributed by atoms with E-state index in [0.717, 1.165) is 30.3 Å². The maximum absolute atomic E-state index is 11.9. The van der Waals surface area contributed by atoms with Crippen molar-refractivity contribution in [3.05, 3.63) is 28.5 Å². The molecule has 2 N–H and O–H groups in total. The summed E-state index contributed by atoms with van der Waals surface area (Å²) in [4.78, 5) is 16.2. The smallest absolute Gasteiger partial charge is 0.407 e. The van der Waals surface area contributed by atoms with Crippen molar-refractivity contribution in [3.63, 3.8) is 0 Å². The molecule has 0 aliphatic heterocycles. The molecule has 1 aromatic heterocycles. The molecule has 138 valence electrons. The minimum Gasteiger partial charge on any atom is -0.446 e. The fourth-order valence-electron chi connectivity index (χ4n) is 3.49. The molecule has 2 fully saturated rings. The quantitative estimate of drug-likeness (QED) is 0.733. The maximum Gasteiger partial charge on any atom is 0.407 e. The zero-order chi connectivity index (χ0) is 18.0. The Hall–Kier alpha value is -1.14. The number of alkyl carbamates (subject to hydrolysis) is 1. The van der Waals surface area contributed by atoms with E-state index in [4.69, 9.17) is 4.74 Å². The summed E-state index contributed by atoms with van der Waals surface area (Å²) in [6, 6.07) is 5.26. The molecule has 1 amide bonds. The van der Waals surface area contributed by atoms with Gasteiger partial charge < -0.3 is 15.4 Å². The van der Waals surface area contributed by atoms with Crippen molar-refractivity contribution in [3.8, 4) is 0 Å². The number of aromatic nitrogens is 1. The van der Waals surface area contributed by atoms with Crippen molar-refractivity contribution >= 4 is 22.0 Å². The van der Waals surface area contributed by atoms with Gasteiger partial charge in [0.25, 0.3) is 0 Å². The van der Waals surface area contributed by atoms with Gasteiger partial charge in [-0.05, 0) is 80.4 Å². The number of hydrogen-bond donors (Lipinski definition) is 2. The zero-order valence-electron chi connectivity index (χ0n) is 15.2. The lowest BCUT2D eigenvalue weighted by molar-refractivity contribution is 0.0639. The van der Waals surface area contributed by atoms with Gasteiger partial charge in [0.2, 0.25) is 0 Å². The van der Waals surface area contributed by atoms with Gasteiger partial charge in [-0.15, -0.1) is 0 Å². The van der Waals surface area contributed by atoms with E-state index in [0.29, 0.717) is 18.0 Å². The van der Waals surface area contributed by atoms with Gasteiger partial charge in [0.05, 0.1) is 0 Å². The summed E-state index contributed by atoms with van der Waals surface area (Å²) in [5, 5.41) is 6.63. The van der Waals surface area contributed by atoms with Crippen molar-refractivity contribution in [2.75, 3.05) is 0 Å². The van der Waals surface area contributed by atoms with Crippen LogP contribution in [-0.4, -0.2) is 34.8 Å². The summed E-state index contributed by atoms with van der Waals surface area (Å²) >= 11 is 3.38.